The Morgan fingerprint density at radius 3 is 2.54 bits per heavy atom. The summed E-state index contributed by atoms with van der Waals surface area (Å²) in [5.41, 5.74) is 3.29. The van der Waals surface area contributed by atoms with E-state index in [2.05, 4.69) is 15.5 Å². The van der Waals surface area contributed by atoms with Gasteiger partial charge < -0.3 is 14.8 Å². The van der Waals surface area contributed by atoms with Crippen LogP contribution in [0.15, 0.2) is 40.8 Å². The molecule has 0 spiro atoms. The van der Waals surface area contributed by atoms with E-state index in [1.165, 1.54) is 18.2 Å². The molecule has 0 aliphatic heterocycles. The first-order valence-electron chi connectivity index (χ1n) is 7.25. The highest BCUT2D eigenvalue weighted by Gasteiger charge is 2.19. The first-order chi connectivity index (χ1) is 11.5. The molecule has 1 aromatic heterocycles. The molecule has 1 atom stereocenters. The zero-order chi connectivity index (χ0) is 17.3. The number of aliphatic hydroxyl groups is 1. The first kappa shape index (κ1) is 16.4. The number of nitrogens with zero attached hydrogens (tertiary/aromatic N) is 2. The third-order valence-electron chi connectivity index (χ3n) is 3.65. The van der Waals surface area contributed by atoms with Crippen molar-refractivity contribution in [1.29, 1.82) is 0 Å². The van der Waals surface area contributed by atoms with E-state index in [1.807, 2.05) is 32.0 Å². The first-order valence-corrected chi connectivity index (χ1v) is 7.63. The number of hydrogen-bond donors (Lipinski definition) is 2. The zero-order valence-electron chi connectivity index (χ0n) is 13.0. The van der Waals surface area contributed by atoms with E-state index in [9.17, 15) is 9.50 Å². The van der Waals surface area contributed by atoms with Crippen molar-refractivity contribution in [3.8, 4) is 0 Å². The van der Waals surface area contributed by atoms with Gasteiger partial charge in [0.25, 0.3) is 5.89 Å². The standard InChI is InChI=1S/C17H15ClFN3O2/c1-9-4-3-5-10(2)14(9)20-17-22-21-16(24-17)15(23)11-6-7-13(19)12(18)8-11/h3-8,15,23H,1-2H3,(H,20,22). The van der Waals surface area contributed by atoms with Gasteiger partial charge in [0.05, 0.1) is 5.02 Å². The molecule has 0 fully saturated rings. The predicted octanol–water partition coefficient (Wildman–Crippen LogP) is 4.30. The maximum absolute atomic E-state index is 13.2. The quantitative estimate of drug-likeness (QED) is 0.736. The van der Waals surface area contributed by atoms with Crippen LogP contribution in [0.25, 0.3) is 0 Å². The lowest BCUT2D eigenvalue weighted by molar-refractivity contribution is 0.184. The highest BCUT2D eigenvalue weighted by molar-refractivity contribution is 6.30. The fraction of sp³-hybridized carbons (Fsp3) is 0.176. The van der Waals surface area contributed by atoms with Crippen molar-refractivity contribution in [2.45, 2.75) is 20.0 Å². The Hall–Kier alpha value is -2.44. The number of aromatic nitrogens is 2. The second-order valence-electron chi connectivity index (χ2n) is 5.41. The highest BCUT2D eigenvalue weighted by atomic mass is 35.5. The van der Waals surface area contributed by atoms with Crippen LogP contribution in [-0.2, 0) is 0 Å². The molecule has 1 unspecified atom stereocenters. The summed E-state index contributed by atoms with van der Waals surface area (Å²) < 4.78 is 18.7. The van der Waals surface area contributed by atoms with E-state index in [1.54, 1.807) is 0 Å². The van der Waals surface area contributed by atoms with Gasteiger partial charge in [-0.2, -0.15) is 0 Å². The van der Waals surface area contributed by atoms with Crippen LogP contribution in [0.3, 0.4) is 0 Å². The van der Waals surface area contributed by atoms with Crippen LogP contribution in [0, 0.1) is 19.7 Å². The minimum atomic E-state index is -1.19. The van der Waals surface area contributed by atoms with Gasteiger partial charge in [0, 0.05) is 5.69 Å². The fourth-order valence-electron chi connectivity index (χ4n) is 2.34. The monoisotopic (exact) mass is 347 g/mol. The highest BCUT2D eigenvalue weighted by Crippen LogP contribution is 2.28. The molecule has 1 heterocycles. The molecule has 124 valence electrons. The Morgan fingerprint density at radius 1 is 1.17 bits per heavy atom. The van der Waals surface area contributed by atoms with Crippen molar-refractivity contribution in [3.05, 3.63) is 69.8 Å². The molecular formula is C17H15ClFN3O2. The van der Waals surface area contributed by atoms with E-state index in [0.717, 1.165) is 16.8 Å². The summed E-state index contributed by atoms with van der Waals surface area (Å²) in [5.74, 6) is -0.568. The normalized spacial score (nSPS) is 12.2. The summed E-state index contributed by atoms with van der Waals surface area (Å²) in [5, 5.41) is 21.0. The topological polar surface area (TPSA) is 71.2 Å². The minimum Gasteiger partial charge on any atom is -0.405 e. The molecule has 0 radical (unpaired) electrons. The summed E-state index contributed by atoms with van der Waals surface area (Å²) in [6.07, 6.45) is -1.19. The Morgan fingerprint density at radius 2 is 1.88 bits per heavy atom. The van der Waals surface area contributed by atoms with Gasteiger partial charge in [-0.1, -0.05) is 41.0 Å². The average molecular weight is 348 g/mol. The molecule has 5 nitrogen and oxygen atoms in total. The third-order valence-corrected chi connectivity index (χ3v) is 3.94. The van der Waals surface area contributed by atoms with Crippen LogP contribution in [0.5, 0.6) is 0 Å². The van der Waals surface area contributed by atoms with E-state index in [0.29, 0.717) is 5.56 Å². The number of halogens is 2. The van der Waals surface area contributed by atoms with Crippen LogP contribution in [-0.4, -0.2) is 15.3 Å². The average Bonchev–Trinajstić information content (AvgIpc) is 3.02. The maximum atomic E-state index is 13.2. The predicted molar refractivity (Wildman–Crippen MR) is 89.0 cm³/mol. The lowest BCUT2D eigenvalue weighted by Crippen LogP contribution is -2.00. The number of benzene rings is 2. The number of aryl methyl sites for hydroxylation is 2. The lowest BCUT2D eigenvalue weighted by atomic mass is 10.1. The van der Waals surface area contributed by atoms with Gasteiger partial charge in [0.2, 0.25) is 0 Å². The summed E-state index contributed by atoms with van der Waals surface area (Å²) in [4.78, 5) is 0. The largest absolute Gasteiger partial charge is 0.405 e. The molecule has 0 amide bonds. The van der Waals surface area contributed by atoms with Crippen LogP contribution >= 0.6 is 11.6 Å². The van der Waals surface area contributed by atoms with Crippen molar-refractivity contribution >= 4 is 23.3 Å². The molecular weight excluding hydrogens is 333 g/mol. The molecule has 24 heavy (non-hydrogen) atoms. The van der Waals surface area contributed by atoms with Crippen molar-refractivity contribution in [2.24, 2.45) is 0 Å². The zero-order valence-corrected chi connectivity index (χ0v) is 13.8. The Labute approximate surface area is 143 Å². The molecule has 7 heteroatoms. The second kappa shape index (κ2) is 6.59. The van der Waals surface area contributed by atoms with Crippen molar-refractivity contribution in [2.75, 3.05) is 5.32 Å². The van der Waals surface area contributed by atoms with E-state index in [4.69, 9.17) is 16.0 Å². The van der Waals surface area contributed by atoms with E-state index < -0.39 is 11.9 Å². The van der Waals surface area contributed by atoms with Crippen LogP contribution in [0.1, 0.15) is 28.7 Å². The van der Waals surface area contributed by atoms with E-state index in [-0.39, 0.29) is 16.9 Å². The fourth-order valence-corrected chi connectivity index (χ4v) is 2.53. The van der Waals surface area contributed by atoms with Crippen LogP contribution in [0.2, 0.25) is 5.02 Å². The smallest absolute Gasteiger partial charge is 0.320 e. The Bertz CT molecular complexity index is 862. The molecule has 0 saturated heterocycles. The second-order valence-corrected chi connectivity index (χ2v) is 5.82. The van der Waals surface area contributed by atoms with Crippen LogP contribution in [0.4, 0.5) is 16.1 Å². The SMILES string of the molecule is Cc1cccc(C)c1Nc1nnc(C(O)c2ccc(F)c(Cl)c2)o1. The van der Waals surface area contributed by atoms with E-state index >= 15 is 0 Å². The number of rotatable bonds is 4. The summed E-state index contributed by atoms with van der Waals surface area (Å²) >= 11 is 5.73. The van der Waals surface area contributed by atoms with Gasteiger partial charge in [-0.05, 0) is 42.7 Å². The van der Waals surface area contributed by atoms with Crippen molar-refractivity contribution in [3.63, 3.8) is 0 Å². The summed E-state index contributed by atoms with van der Waals surface area (Å²) in [6, 6.07) is 9.95. The van der Waals surface area contributed by atoms with Gasteiger partial charge in [-0.3, -0.25) is 0 Å². The lowest BCUT2D eigenvalue weighted by Gasteiger charge is -2.09. The third kappa shape index (κ3) is 3.25. The number of anilines is 2. The molecule has 3 aromatic rings. The minimum absolute atomic E-state index is 0.00795. The van der Waals surface area contributed by atoms with Gasteiger partial charge in [-0.25, -0.2) is 4.39 Å². The van der Waals surface area contributed by atoms with Gasteiger partial charge in [0.1, 0.15) is 5.82 Å². The van der Waals surface area contributed by atoms with Gasteiger partial charge >= 0.3 is 6.01 Å². The summed E-state index contributed by atoms with van der Waals surface area (Å²) in [7, 11) is 0. The number of hydrogen-bond acceptors (Lipinski definition) is 5. The summed E-state index contributed by atoms with van der Waals surface area (Å²) in [6.45, 7) is 3.92. The number of nitrogens with one attached hydrogen (secondary N) is 1. The van der Waals surface area contributed by atoms with Gasteiger partial charge in [-0.15, -0.1) is 5.10 Å². The van der Waals surface area contributed by atoms with Gasteiger partial charge in [0.15, 0.2) is 6.10 Å². The molecule has 0 aliphatic rings. The molecule has 0 bridgehead atoms. The van der Waals surface area contributed by atoms with Crippen molar-refractivity contribution in [1.82, 2.24) is 10.2 Å². The number of aliphatic hydroxyl groups excluding tert-OH is 1. The molecule has 0 saturated carbocycles. The Kier molecular flexibility index (Phi) is 4.51. The number of para-hydroxylation sites is 1. The maximum Gasteiger partial charge on any atom is 0.320 e. The Balaban J connectivity index is 1.83. The molecule has 2 N–H and O–H groups in total. The molecule has 0 aliphatic carbocycles. The van der Waals surface area contributed by atoms with Crippen LogP contribution < -0.4 is 5.32 Å². The van der Waals surface area contributed by atoms with Crippen molar-refractivity contribution < 1.29 is 13.9 Å². The molecule has 3 rings (SSSR count). The molecule has 2 aromatic carbocycles.